The van der Waals surface area contributed by atoms with Gasteiger partial charge in [-0.3, -0.25) is 0 Å². The Kier molecular flexibility index (Phi) is 16.8. The van der Waals surface area contributed by atoms with Crippen molar-refractivity contribution in [3.8, 4) is 113 Å². The molecule has 18 aromatic carbocycles. The van der Waals surface area contributed by atoms with Crippen molar-refractivity contribution in [2.45, 2.75) is 10.8 Å². The number of furan rings is 1. The maximum atomic E-state index is 6.81. The summed E-state index contributed by atoms with van der Waals surface area (Å²) in [5, 5.41) is 9.32. The molecule has 24 rings (SSSR count). The molecule has 7 nitrogen and oxygen atoms in total. The molecule has 0 N–H and O–H groups in total. The third kappa shape index (κ3) is 11.5. The van der Waals surface area contributed by atoms with Gasteiger partial charge in [-0.2, -0.15) is 0 Å². The first kappa shape index (κ1) is 70.0. The molecule has 120 heavy (non-hydrogen) atoms. The Hall–Kier alpha value is -15.5. The van der Waals surface area contributed by atoms with E-state index >= 15 is 0 Å². The third-order valence-electron chi connectivity index (χ3n) is 24.4. The Balaban J connectivity index is 0.000000140. The summed E-state index contributed by atoms with van der Waals surface area (Å²) in [6, 6.07) is 152. The van der Waals surface area contributed by atoms with Gasteiger partial charge in [-0.05, 0) is 165 Å². The Labute approximate surface area is 697 Å². The van der Waals surface area contributed by atoms with Gasteiger partial charge in [-0.25, -0.2) is 29.9 Å². The van der Waals surface area contributed by atoms with Crippen molar-refractivity contribution in [3.05, 3.63) is 469 Å². The van der Waals surface area contributed by atoms with Gasteiger partial charge in [-0.1, -0.05) is 370 Å². The molecule has 0 atom stereocenters. The van der Waals surface area contributed by atoms with Gasteiger partial charge in [0.1, 0.15) is 11.2 Å². The molecule has 4 heterocycles. The number of thiophene rings is 1. The molecule has 0 fully saturated rings. The zero-order valence-electron chi connectivity index (χ0n) is 64.9. The molecule has 0 amide bonds. The number of fused-ring (bicyclic) bond motifs is 14. The molecular weight excluding hydrogens is 1480 g/mol. The monoisotopic (exact) mass is 1550 g/mol. The first-order valence-electron chi connectivity index (χ1n) is 40.7. The van der Waals surface area contributed by atoms with Crippen LogP contribution in [0.25, 0.3) is 176 Å². The van der Waals surface area contributed by atoms with Crippen LogP contribution in [0.15, 0.2) is 429 Å². The number of hydrogen-bond acceptors (Lipinski definition) is 8. The third-order valence-corrected chi connectivity index (χ3v) is 25.5. The zero-order chi connectivity index (χ0) is 79.2. The Bertz CT molecular complexity index is 7710. The molecule has 22 aromatic rings. The maximum Gasteiger partial charge on any atom is 0.164 e. The number of benzene rings is 18. The first-order chi connectivity index (χ1) is 59.4. The van der Waals surface area contributed by atoms with Crippen LogP contribution in [0.4, 0.5) is 0 Å². The van der Waals surface area contributed by atoms with Crippen LogP contribution in [0.2, 0.25) is 0 Å². The highest BCUT2D eigenvalue weighted by Gasteiger charge is 2.48. The average molecular weight is 1550 g/mol. The fourth-order valence-corrected chi connectivity index (χ4v) is 20.1. The number of aromatic nitrogens is 6. The largest absolute Gasteiger partial charge is 0.456 e. The van der Waals surface area contributed by atoms with E-state index in [0.717, 1.165) is 82.8 Å². The van der Waals surface area contributed by atoms with Crippen LogP contribution in [0.5, 0.6) is 0 Å². The molecule has 0 saturated heterocycles. The molecular formula is C112H70N6OS. The van der Waals surface area contributed by atoms with Crippen LogP contribution < -0.4 is 0 Å². The molecule has 4 aromatic heterocycles. The molecule has 0 unspecified atom stereocenters. The maximum absolute atomic E-state index is 6.81. The summed E-state index contributed by atoms with van der Waals surface area (Å²) < 4.78 is 9.34. The summed E-state index contributed by atoms with van der Waals surface area (Å²) in [5.41, 5.74) is 26.1. The molecule has 8 heteroatoms. The molecule has 0 spiro atoms. The smallest absolute Gasteiger partial charge is 0.164 e. The van der Waals surface area contributed by atoms with Gasteiger partial charge < -0.3 is 4.42 Å². The molecule has 0 saturated carbocycles. The predicted molar refractivity (Wildman–Crippen MR) is 493 cm³/mol. The van der Waals surface area contributed by atoms with Crippen LogP contribution in [-0.4, -0.2) is 29.9 Å². The van der Waals surface area contributed by atoms with E-state index in [1.807, 2.05) is 59.9 Å². The van der Waals surface area contributed by atoms with Crippen LogP contribution in [0.1, 0.15) is 44.5 Å². The van der Waals surface area contributed by atoms with E-state index in [9.17, 15) is 0 Å². The number of rotatable bonds is 12. The molecule has 0 aliphatic heterocycles. The van der Waals surface area contributed by atoms with Crippen LogP contribution >= 0.6 is 11.3 Å². The zero-order valence-corrected chi connectivity index (χ0v) is 65.7. The summed E-state index contributed by atoms with van der Waals surface area (Å²) in [7, 11) is 0. The van der Waals surface area contributed by atoms with Gasteiger partial charge in [0.25, 0.3) is 0 Å². The van der Waals surface area contributed by atoms with Crippen molar-refractivity contribution in [3.63, 3.8) is 0 Å². The van der Waals surface area contributed by atoms with E-state index in [2.05, 4.69) is 376 Å². The summed E-state index contributed by atoms with van der Waals surface area (Å²) in [6.07, 6.45) is 0. The second-order valence-corrected chi connectivity index (χ2v) is 32.1. The summed E-state index contributed by atoms with van der Waals surface area (Å²) in [6.45, 7) is 0. The second kappa shape index (κ2) is 28.8. The van der Waals surface area contributed by atoms with Crippen molar-refractivity contribution in [2.24, 2.45) is 0 Å². The summed E-state index contributed by atoms with van der Waals surface area (Å²) in [5.74, 6) is 3.82. The van der Waals surface area contributed by atoms with Crippen LogP contribution in [0.3, 0.4) is 0 Å². The van der Waals surface area contributed by atoms with E-state index in [4.69, 9.17) is 34.3 Å². The lowest BCUT2D eigenvalue weighted by Gasteiger charge is -2.34. The van der Waals surface area contributed by atoms with Crippen molar-refractivity contribution in [2.75, 3.05) is 0 Å². The van der Waals surface area contributed by atoms with Gasteiger partial charge in [0, 0.05) is 64.3 Å². The minimum Gasteiger partial charge on any atom is -0.456 e. The fourth-order valence-electron chi connectivity index (χ4n) is 19.0. The van der Waals surface area contributed by atoms with E-state index in [1.54, 1.807) is 0 Å². The molecule has 0 radical (unpaired) electrons. The predicted octanol–water partition coefficient (Wildman–Crippen LogP) is 28.4. The van der Waals surface area contributed by atoms with Crippen molar-refractivity contribution >= 4 is 75.0 Å². The van der Waals surface area contributed by atoms with Crippen LogP contribution in [0, 0.1) is 0 Å². The molecule has 2 aliphatic rings. The summed E-state index contributed by atoms with van der Waals surface area (Å²) >= 11 is 1.86. The molecule has 0 bridgehead atoms. The van der Waals surface area contributed by atoms with Gasteiger partial charge >= 0.3 is 0 Å². The second-order valence-electron chi connectivity index (χ2n) is 31.0. The van der Waals surface area contributed by atoms with E-state index in [1.165, 1.54) is 103 Å². The van der Waals surface area contributed by atoms with E-state index < -0.39 is 10.8 Å². The molecule has 560 valence electrons. The normalized spacial score (nSPS) is 12.8. The lowest BCUT2D eigenvalue weighted by atomic mass is 9.67. The van der Waals surface area contributed by atoms with Crippen molar-refractivity contribution in [1.82, 2.24) is 29.9 Å². The average Bonchev–Trinajstić information content (AvgIpc) is 1.53. The standard InChI is InChI=1S/C56H35N3O.C56H35N3S/c1-3-16-37(17-4-1)53-57-54(59-55(58-53)41-30-29-36-15-7-8-18-38(36)33-41)40-20-13-19-39(34-40)44-25-14-28-50-52(44)47-32-31-43(35-51(47)60-50)56(42-21-5-2-6-22-42)48-26-11-9-23-45(48)46-24-10-12-27-49(46)56;1-3-16-37(17-4-1)53-57-54(59-55(58-53)41-30-29-36-15-7-8-18-38(36)33-41)40-20-13-19-39(34-40)44-25-14-28-51-52(44)47-35-43(31-32-50(47)60-51)56(42-21-5-2-6-22-42)48-26-11-9-23-45(48)46-24-10-12-27-49(46)56/h2*1-35H. The fraction of sp³-hybridized carbons (Fsp3) is 0.0179. The number of hydrogen-bond donors (Lipinski definition) is 0. The lowest BCUT2D eigenvalue weighted by Crippen LogP contribution is -2.28. The van der Waals surface area contributed by atoms with E-state index in [0.29, 0.717) is 34.9 Å². The first-order valence-corrected chi connectivity index (χ1v) is 41.5. The molecule has 2 aliphatic carbocycles. The van der Waals surface area contributed by atoms with Crippen LogP contribution in [-0.2, 0) is 10.8 Å². The highest BCUT2D eigenvalue weighted by atomic mass is 32.1. The lowest BCUT2D eigenvalue weighted by molar-refractivity contribution is 0.665. The van der Waals surface area contributed by atoms with Crippen molar-refractivity contribution in [1.29, 1.82) is 0 Å². The quantitative estimate of drug-likeness (QED) is 0.120. The van der Waals surface area contributed by atoms with Gasteiger partial charge in [0.2, 0.25) is 0 Å². The minimum atomic E-state index is -0.506. The van der Waals surface area contributed by atoms with Gasteiger partial charge in [-0.15, -0.1) is 11.3 Å². The van der Waals surface area contributed by atoms with Crippen molar-refractivity contribution < 1.29 is 4.42 Å². The highest BCUT2D eigenvalue weighted by Crippen LogP contribution is 2.59. The number of nitrogens with zero attached hydrogens (tertiary/aromatic N) is 6. The Morgan fingerprint density at radius 3 is 1.02 bits per heavy atom. The van der Waals surface area contributed by atoms with Gasteiger partial charge in [0.05, 0.1) is 10.8 Å². The Morgan fingerprint density at radius 1 is 0.192 bits per heavy atom. The van der Waals surface area contributed by atoms with Gasteiger partial charge in [0.15, 0.2) is 34.9 Å². The SMILES string of the molecule is c1ccc(-c2nc(-c3cccc(-c4cccc5oc6cc(C7(c8ccccc8)c8ccccc8-c8ccccc87)ccc6c45)c3)nc(-c3ccc4ccccc4c3)n2)cc1.c1ccc(-c2nc(-c3cccc(-c4cccc5sc6ccc(C7(c8ccccc8)c8ccccc8-c8ccccc87)cc6c45)c3)nc(-c3ccc4ccccc4c3)n2)cc1. The van der Waals surface area contributed by atoms with E-state index in [-0.39, 0.29) is 0 Å². The minimum absolute atomic E-state index is 0.469. The highest BCUT2D eigenvalue weighted by molar-refractivity contribution is 7.26. The topological polar surface area (TPSA) is 90.5 Å². The summed E-state index contributed by atoms with van der Waals surface area (Å²) in [4.78, 5) is 30.5. The Morgan fingerprint density at radius 2 is 0.542 bits per heavy atom.